The Labute approximate surface area is 146 Å². The molecule has 0 aliphatic heterocycles. The molecule has 0 spiro atoms. The Kier molecular flexibility index (Phi) is 22.0. The third-order valence-corrected chi connectivity index (χ3v) is 3.11. The van der Waals surface area contributed by atoms with Gasteiger partial charge in [0.25, 0.3) is 0 Å². The van der Waals surface area contributed by atoms with E-state index in [0.717, 1.165) is 19.5 Å². The molecule has 0 saturated heterocycles. The molecule has 0 fully saturated rings. The quantitative estimate of drug-likeness (QED) is 0.354. The molecule has 0 bridgehead atoms. The molecule has 1 rings (SSSR count). The van der Waals surface area contributed by atoms with E-state index in [1.54, 1.807) is 0 Å². The van der Waals surface area contributed by atoms with Crippen LogP contribution in [0.4, 0.5) is 0 Å². The van der Waals surface area contributed by atoms with Crippen LogP contribution >= 0.6 is 0 Å². The second-order valence-corrected chi connectivity index (χ2v) is 4.09. The van der Waals surface area contributed by atoms with E-state index in [9.17, 15) is 0 Å². The third kappa shape index (κ3) is 9.01. The Bertz CT molecular complexity index is 261. The van der Waals surface area contributed by atoms with Crippen LogP contribution in [0.15, 0.2) is 16.7 Å². The number of allylic oxidation sites excluding steroid dienone is 3. The zero-order valence-electron chi connectivity index (χ0n) is 11.6. The Morgan fingerprint density at radius 3 is 1.89 bits per heavy atom. The number of rotatable bonds is 5. The van der Waals surface area contributed by atoms with Crippen molar-refractivity contribution < 1.29 is 58.9 Å². The first kappa shape index (κ1) is 27.4. The molecular weight excluding hydrogens is 324 g/mol. The monoisotopic (exact) mass is 345 g/mol. The van der Waals surface area contributed by atoms with Gasteiger partial charge in [-0.2, -0.15) is 5.57 Å². The van der Waals surface area contributed by atoms with Gasteiger partial charge in [-0.05, 0) is 19.5 Å². The largest absolute Gasteiger partial charge is 4.00 e. The van der Waals surface area contributed by atoms with Crippen molar-refractivity contribution in [3.05, 3.63) is 22.8 Å². The maximum absolute atomic E-state index is 3.48. The van der Waals surface area contributed by atoms with Gasteiger partial charge in [0.1, 0.15) is 0 Å². The second kappa shape index (κ2) is 14.4. The van der Waals surface area contributed by atoms with Crippen molar-refractivity contribution in [2.45, 2.75) is 40.5 Å². The SMILES string of the molecule is CCN(CC)CCC1=[C-]C(C)=C(C)C1.[Cl-].[Cl-].[Cl-].[Ti+4]. The molecule has 1 nitrogen and oxygen atoms in total. The molecule has 104 valence electrons. The summed E-state index contributed by atoms with van der Waals surface area (Å²) in [5.41, 5.74) is 4.35. The van der Waals surface area contributed by atoms with Crippen molar-refractivity contribution in [2.24, 2.45) is 0 Å². The van der Waals surface area contributed by atoms with E-state index in [1.165, 1.54) is 29.7 Å². The van der Waals surface area contributed by atoms with Crippen molar-refractivity contribution in [3.63, 3.8) is 0 Å². The fraction of sp³-hybridized carbons (Fsp3) is 0.692. The van der Waals surface area contributed by atoms with Gasteiger partial charge in [-0.1, -0.05) is 27.2 Å². The fourth-order valence-corrected chi connectivity index (χ4v) is 1.85. The van der Waals surface area contributed by atoms with Crippen molar-refractivity contribution in [3.8, 4) is 0 Å². The third-order valence-electron chi connectivity index (χ3n) is 3.11. The summed E-state index contributed by atoms with van der Waals surface area (Å²) in [7, 11) is 0. The standard InChI is InChI=1S/C13H22N.3ClH.Ti/c1-5-14(6-2)8-7-13-9-11(3)12(4)10-13;;;;/h5-9H2,1-4H3;3*1H;/q-1;;;;+4/p-3. The number of nitrogens with zero attached hydrogens (tertiary/aromatic N) is 1. The Morgan fingerprint density at radius 1 is 1.06 bits per heavy atom. The number of hydrogen-bond acceptors (Lipinski definition) is 1. The summed E-state index contributed by atoms with van der Waals surface area (Å²) < 4.78 is 0. The molecule has 0 amide bonds. The Hall–Kier alpha value is 1.02. The summed E-state index contributed by atoms with van der Waals surface area (Å²) in [5.74, 6) is 0. The van der Waals surface area contributed by atoms with Crippen molar-refractivity contribution >= 4 is 0 Å². The van der Waals surface area contributed by atoms with Crippen molar-refractivity contribution in [2.75, 3.05) is 19.6 Å². The van der Waals surface area contributed by atoms with E-state index >= 15 is 0 Å². The molecule has 0 aromatic carbocycles. The van der Waals surface area contributed by atoms with Crippen LogP contribution in [-0.4, -0.2) is 24.5 Å². The molecular formula is C13H22Cl3NTi. The Balaban J connectivity index is -0.000000245. The molecule has 1 aliphatic carbocycles. The molecule has 0 radical (unpaired) electrons. The molecule has 0 saturated carbocycles. The molecule has 0 heterocycles. The minimum absolute atomic E-state index is 0. The van der Waals surface area contributed by atoms with Gasteiger partial charge in [-0.25, -0.2) is 17.2 Å². The van der Waals surface area contributed by atoms with Gasteiger partial charge in [0, 0.05) is 6.54 Å². The van der Waals surface area contributed by atoms with Crippen molar-refractivity contribution in [1.29, 1.82) is 0 Å². The van der Waals surface area contributed by atoms with Crippen molar-refractivity contribution in [1.82, 2.24) is 4.90 Å². The van der Waals surface area contributed by atoms with Gasteiger partial charge in [0.2, 0.25) is 0 Å². The second-order valence-electron chi connectivity index (χ2n) is 4.09. The Morgan fingerprint density at radius 2 is 1.56 bits per heavy atom. The molecule has 1 aliphatic rings. The number of hydrogen-bond donors (Lipinski definition) is 0. The van der Waals surface area contributed by atoms with Crippen LogP contribution in [0.1, 0.15) is 40.5 Å². The van der Waals surface area contributed by atoms with E-state index < -0.39 is 0 Å². The first-order valence-corrected chi connectivity index (χ1v) is 5.67. The van der Waals surface area contributed by atoms with Gasteiger partial charge in [-0.3, -0.25) is 0 Å². The van der Waals surface area contributed by atoms with Crippen LogP contribution in [0.2, 0.25) is 0 Å². The van der Waals surface area contributed by atoms with Crippen LogP contribution in [-0.2, 0) is 21.7 Å². The van der Waals surface area contributed by atoms with E-state index in [1.807, 2.05) is 0 Å². The average Bonchev–Trinajstić information content (AvgIpc) is 2.48. The summed E-state index contributed by atoms with van der Waals surface area (Å²) in [6, 6.07) is 0. The zero-order chi connectivity index (χ0) is 10.6. The van der Waals surface area contributed by atoms with Gasteiger partial charge >= 0.3 is 21.7 Å². The van der Waals surface area contributed by atoms with Gasteiger partial charge in [0.15, 0.2) is 0 Å². The van der Waals surface area contributed by atoms with Crippen LogP contribution in [0.25, 0.3) is 0 Å². The number of halogens is 3. The summed E-state index contributed by atoms with van der Waals surface area (Å²) >= 11 is 0. The predicted molar refractivity (Wildman–Crippen MR) is 62.2 cm³/mol. The maximum atomic E-state index is 3.48. The summed E-state index contributed by atoms with van der Waals surface area (Å²) in [4.78, 5) is 2.47. The average molecular weight is 347 g/mol. The first-order valence-electron chi connectivity index (χ1n) is 5.67. The summed E-state index contributed by atoms with van der Waals surface area (Å²) in [6.07, 6.45) is 5.83. The summed E-state index contributed by atoms with van der Waals surface area (Å²) in [6.45, 7) is 12.3. The van der Waals surface area contributed by atoms with E-state index in [4.69, 9.17) is 0 Å². The van der Waals surface area contributed by atoms with Crippen LogP contribution in [0.5, 0.6) is 0 Å². The smallest absolute Gasteiger partial charge is 1.00 e. The first-order chi connectivity index (χ1) is 6.67. The molecule has 18 heavy (non-hydrogen) atoms. The normalized spacial score (nSPS) is 13.1. The van der Waals surface area contributed by atoms with Crippen LogP contribution in [0.3, 0.4) is 0 Å². The van der Waals surface area contributed by atoms with E-state index in [-0.39, 0.29) is 58.9 Å². The fourth-order valence-electron chi connectivity index (χ4n) is 1.85. The zero-order valence-corrected chi connectivity index (χ0v) is 15.4. The summed E-state index contributed by atoms with van der Waals surface area (Å²) in [5, 5.41) is 0. The molecule has 0 aromatic rings. The predicted octanol–water partition coefficient (Wildman–Crippen LogP) is -5.80. The van der Waals surface area contributed by atoms with Crippen LogP contribution < -0.4 is 37.2 Å². The molecule has 0 aromatic heterocycles. The van der Waals surface area contributed by atoms with E-state index in [0.29, 0.717) is 0 Å². The van der Waals surface area contributed by atoms with E-state index in [2.05, 4.69) is 38.7 Å². The van der Waals surface area contributed by atoms with Gasteiger partial charge < -0.3 is 42.1 Å². The molecule has 0 unspecified atom stereocenters. The molecule has 0 N–H and O–H groups in total. The topological polar surface area (TPSA) is 3.24 Å². The molecule has 5 heteroatoms. The minimum atomic E-state index is 0. The van der Waals surface area contributed by atoms with Crippen LogP contribution in [0, 0.1) is 6.08 Å². The maximum Gasteiger partial charge on any atom is 4.00 e. The van der Waals surface area contributed by atoms with Gasteiger partial charge in [-0.15, -0.1) is 6.92 Å². The van der Waals surface area contributed by atoms with Gasteiger partial charge in [0.05, 0.1) is 0 Å². The minimum Gasteiger partial charge on any atom is -1.00 e. The molecule has 0 atom stereocenters.